The first-order valence-corrected chi connectivity index (χ1v) is 13.6. The van der Waals surface area contributed by atoms with E-state index in [1.54, 1.807) is 12.1 Å². The number of phenols is 1. The van der Waals surface area contributed by atoms with Crippen LogP contribution in [-0.4, -0.2) is 61.9 Å². The second-order valence-corrected chi connectivity index (χ2v) is 12.3. The van der Waals surface area contributed by atoms with Crippen LogP contribution in [0.3, 0.4) is 0 Å². The molecule has 2 N–H and O–H groups in total. The van der Waals surface area contributed by atoms with Crippen molar-refractivity contribution in [2.75, 3.05) is 24.6 Å². The number of aromatic hydroxyl groups is 1. The summed E-state index contributed by atoms with van der Waals surface area (Å²) in [7, 11) is -5.16. The number of benzene rings is 2. The average Bonchev–Trinajstić information content (AvgIpc) is 3.13. The smallest absolute Gasteiger partial charge is 0.258 e. The first-order chi connectivity index (χ1) is 16.4. The Kier molecular flexibility index (Phi) is 6.19. The van der Waals surface area contributed by atoms with Gasteiger partial charge in [-0.05, 0) is 36.8 Å². The summed E-state index contributed by atoms with van der Waals surface area (Å²) in [6.07, 6.45) is 1.40. The second kappa shape index (κ2) is 8.73. The zero-order valence-electron chi connectivity index (χ0n) is 19.1. The van der Waals surface area contributed by atoms with E-state index >= 15 is 0 Å². The predicted octanol–water partition coefficient (Wildman–Crippen LogP) is 2.25. The minimum absolute atomic E-state index is 0.0490. The standard InChI is InChI=1S/C22H23FN4O6S2/c1-4-34(30,31)25-19-15-6-5-9-24-20(15)21(28)18-16(19)12-27(22(18)29)11-13-7-8-14(23)10-17(13)35(32,33)26(2)3/h5-10,25,28H,4,11-12H2,1-3H3. The molecule has 1 aliphatic rings. The van der Waals surface area contributed by atoms with E-state index in [2.05, 4.69) is 9.71 Å². The SMILES string of the molecule is CCS(=O)(=O)Nc1c2c(c(O)c3ncccc13)C(=O)N(Cc1ccc(F)cc1S(=O)(=O)N(C)C)C2. The number of fused-ring (bicyclic) bond motifs is 2. The van der Waals surface area contributed by atoms with Gasteiger partial charge in [0.05, 0.1) is 21.9 Å². The van der Waals surface area contributed by atoms with Crippen molar-refractivity contribution < 1.29 is 31.1 Å². The van der Waals surface area contributed by atoms with E-state index in [1.807, 2.05) is 0 Å². The maximum atomic E-state index is 13.9. The van der Waals surface area contributed by atoms with Crippen LogP contribution in [0, 0.1) is 5.82 Å². The monoisotopic (exact) mass is 522 g/mol. The van der Waals surface area contributed by atoms with Gasteiger partial charge < -0.3 is 10.0 Å². The Bertz CT molecular complexity index is 1570. The molecule has 13 heteroatoms. The van der Waals surface area contributed by atoms with Crippen LogP contribution in [-0.2, 0) is 33.1 Å². The molecule has 0 atom stereocenters. The molecule has 2 aromatic carbocycles. The molecule has 0 unspecified atom stereocenters. The quantitative estimate of drug-likeness (QED) is 0.454. The summed E-state index contributed by atoms with van der Waals surface area (Å²) >= 11 is 0. The van der Waals surface area contributed by atoms with E-state index < -0.39 is 37.5 Å². The highest BCUT2D eigenvalue weighted by atomic mass is 32.2. The van der Waals surface area contributed by atoms with Gasteiger partial charge in [0, 0.05) is 44.3 Å². The number of hydrogen-bond donors (Lipinski definition) is 2. The van der Waals surface area contributed by atoms with Crippen molar-refractivity contribution in [3.63, 3.8) is 0 Å². The van der Waals surface area contributed by atoms with E-state index in [0.29, 0.717) is 5.39 Å². The largest absolute Gasteiger partial charge is 0.505 e. The highest BCUT2D eigenvalue weighted by molar-refractivity contribution is 7.92. The summed E-state index contributed by atoms with van der Waals surface area (Å²) in [6.45, 7) is 1.12. The van der Waals surface area contributed by atoms with Gasteiger partial charge in [0.25, 0.3) is 5.91 Å². The highest BCUT2D eigenvalue weighted by Crippen LogP contribution is 2.43. The van der Waals surface area contributed by atoms with Crippen LogP contribution in [0.4, 0.5) is 10.1 Å². The summed E-state index contributed by atoms with van der Waals surface area (Å²) in [5.74, 6) is -2.01. The topological polar surface area (TPSA) is 137 Å². The van der Waals surface area contributed by atoms with Gasteiger partial charge in [0.15, 0.2) is 5.75 Å². The van der Waals surface area contributed by atoms with Crippen LogP contribution in [0.2, 0.25) is 0 Å². The van der Waals surface area contributed by atoms with Gasteiger partial charge in [-0.1, -0.05) is 6.07 Å². The number of aromatic nitrogens is 1. The van der Waals surface area contributed by atoms with Crippen molar-refractivity contribution in [3.05, 3.63) is 59.0 Å². The summed E-state index contributed by atoms with van der Waals surface area (Å²) in [4.78, 5) is 18.4. The average molecular weight is 523 g/mol. The molecule has 1 aromatic heterocycles. The third-order valence-corrected chi connectivity index (χ3v) is 8.95. The number of nitrogens with one attached hydrogen (secondary N) is 1. The van der Waals surface area contributed by atoms with Crippen LogP contribution in [0.15, 0.2) is 41.4 Å². The summed E-state index contributed by atoms with van der Waals surface area (Å²) in [5, 5.41) is 11.2. The molecule has 1 aliphatic heterocycles. The molecule has 0 aliphatic carbocycles. The maximum Gasteiger partial charge on any atom is 0.258 e. The predicted molar refractivity (Wildman–Crippen MR) is 127 cm³/mol. The third kappa shape index (κ3) is 4.30. The molecule has 0 saturated heterocycles. The summed E-state index contributed by atoms with van der Waals surface area (Å²) < 4.78 is 67.7. The van der Waals surface area contributed by atoms with E-state index in [9.17, 15) is 31.1 Å². The number of amides is 1. The van der Waals surface area contributed by atoms with E-state index in [1.165, 1.54) is 38.2 Å². The van der Waals surface area contributed by atoms with Crippen LogP contribution < -0.4 is 4.72 Å². The number of anilines is 1. The normalized spacial score (nSPS) is 14.1. The van der Waals surface area contributed by atoms with E-state index in [0.717, 1.165) is 16.4 Å². The molecule has 0 spiro atoms. The molecule has 0 saturated carbocycles. The highest BCUT2D eigenvalue weighted by Gasteiger charge is 2.36. The molecule has 10 nitrogen and oxygen atoms in total. The van der Waals surface area contributed by atoms with Crippen molar-refractivity contribution in [3.8, 4) is 5.75 Å². The fourth-order valence-electron chi connectivity index (χ4n) is 3.93. The zero-order valence-corrected chi connectivity index (χ0v) is 20.7. The Morgan fingerprint density at radius 3 is 2.57 bits per heavy atom. The Labute approximate surface area is 202 Å². The van der Waals surface area contributed by atoms with Gasteiger partial charge in [-0.2, -0.15) is 0 Å². The van der Waals surface area contributed by atoms with Gasteiger partial charge in [-0.15, -0.1) is 0 Å². The van der Waals surface area contributed by atoms with Crippen molar-refractivity contribution >= 4 is 42.5 Å². The molecule has 35 heavy (non-hydrogen) atoms. The third-order valence-electron chi connectivity index (χ3n) is 5.78. The lowest BCUT2D eigenvalue weighted by atomic mass is 10.0. The summed E-state index contributed by atoms with van der Waals surface area (Å²) in [6, 6.07) is 6.40. The summed E-state index contributed by atoms with van der Waals surface area (Å²) in [5.41, 5.74) is 0.458. The Hall–Kier alpha value is -3.29. The van der Waals surface area contributed by atoms with Crippen molar-refractivity contribution in [2.24, 2.45) is 0 Å². The number of halogens is 1. The van der Waals surface area contributed by atoms with Gasteiger partial charge in [0.1, 0.15) is 11.3 Å². The van der Waals surface area contributed by atoms with E-state index in [-0.39, 0.29) is 51.6 Å². The number of carbonyl (C=O) groups is 1. The first-order valence-electron chi connectivity index (χ1n) is 10.5. The lowest BCUT2D eigenvalue weighted by Crippen LogP contribution is -2.27. The van der Waals surface area contributed by atoms with Gasteiger partial charge in [-0.3, -0.25) is 14.5 Å². The van der Waals surface area contributed by atoms with Crippen LogP contribution in [0.25, 0.3) is 10.9 Å². The number of carbonyl (C=O) groups excluding carboxylic acids is 1. The lowest BCUT2D eigenvalue weighted by Gasteiger charge is -2.20. The number of nitrogens with zero attached hydrogens (tertiary/aromatic N) is 3. The number of rotatable bonds is 7. The second-order valence-electron chi connectivity index (χ2n) is 8.18. The molecule has 1 amide bonds. The minimum Gasteiger partial charge on any atom is -0.505 e. The molecule has 186 valence electrons. The molecule has 0 radical (unpaired) electrons. The van der Waals surface area contributed by atoms with Crippen molar-refractivity contribution in [2.45, 2.75) is 24.9 Å². The number of hydrogen-bond acceptors (Lipinski definition) is 7. The Balaban J connectivity index is 1.84. The van der Waals surface area contributed by atoms with Crippen LogP contribution >= 0.6 is 0 Å². The molecule has 3 aromatic rings. The Morgan fingerprint density at radius 1 is 1.20 bits per heavy atom. The number of sulfonamides is 2. The first kappa shape index (κ1) is 24.8. The van der Waals surface area contributed by atoms with Gasteiger partial charge in [0.2, 0.25) is 20.0 Å². The minimum atomic E-state index is -4.03. The van der Waals surface area contributed by atoms with Crippen LogP contribution in [0.5, 0.6) is 5.75 Å². The fraction of sp³-hybridized carbons (Fsp3) is 0.273. The molecular weight excluding hydrogens is 499 g/mol. The molecular formula is C22H23FN4O6S2. The number of phenolic OH excluding ortho intramolecular Hbond substituents is 1. The van der Waals surface area contributed by atoms with Crippen LogP contribution in [0.1, 0.15) is 28.4 Å². The van der Waals surface area contributed by atoms with E-state index in [4.69, 9.17) is 0 Å². The van der Waals surface area contributed by atoms with Crippen molar-refractivity contribution in [1.82, 2.24) is 14.2 Å². The Morgan fingerprint density at radius 2 is 1.91 bits per heavy atom. The molecule has 4 rings (SSSR count). The van der Waals surface area contributed by atoms with Gasteiger partial charge >= 0.3 is 0 Å². The lowest BCUT2D eigenvalue weighted by molar-refractivity contribution is 0.0763. The maximum absolute atomic E-state index is 13.9. The fourth-order valence-corrected chi connectivity index (χ4v) is 5.73. The zero-order chi connectivity index (χ0) is 25.7. The van der Waals surface area contributed by atoms with Gasteiger partial charge in [-0.25, -0.2) is 25.5 Å². The molecule has 2 heterocycles. The molecule has 0 bridgehead atoms. The van der Waals surface area contributed by atoms with Crippen molar-refractivity contribution in [1.29, 1.82) is 0 Å². The molecule has 0 fully saturated rings. The number of pyridine rings is 1.